The summed E-state index contributed by atoms with van der Waals surface area (Å²) in [5.41, 5.74) is 4.01. The number of benzene rings is 1. The van der Waals surface area contributed by atoms with E-state index < -0.39 is 11.7 Å². The number of ether oxygens (including phenoxy) is 1. The Kier molecular flexibility index (Phi) is 4.44. The largest absolute Gasteiger partial charge is 0.443 e. The van der Waals surface area contributed by atoms with Crippen molar-refractivity contribution in [1.82, 2.24) is 19.1 Å². The van der Waals surface area contributed by atoms with Gasteiger partial charge in [0.2, 0.25) is 0 Å². The molecule has 0 saturated carbocycles. The standard InChI is InChI=1S/C24H22N4O2S/c1-24(2,3)30-23(29)28-13-18(15-8-5-6-10-20(15)28)22-26-19(14-31-22)17-12-27(4)21-16(17)9-7-11-25-21/h5-14H,1-4H3. The van der Waals surface area contributed by atoms with Crippen molar-refractivity contribution >= 4 is 39.4 Å². The summed E-state index contributed by atoms with van der Waals surface area (Å²) in [6.07, 6.45) is 5.28. The number of thiazole rings is 1. The van der Waals surface area contributed by atoms with Crippen LogP contribution < -0.4 is 0 Å². The lowest BCUT2D eigenvalue weighted by Gasteiger charge is -2.19. The lowest BCUT2D eigenvalue weighted by Crippen LogP contribution is -2.26. The number of rotatable bonds is 2. The summed E-state index contributed by atoms with van der Waals surface area (Å²) < 4.78 is 9.18. The molecule has 0 aliphatic heterocycles. The van der Waals surface area contributed by atoms with E-state index in [1.807, 2.05) is 68.9 Å². The van der Waals surface area contributed by atoms with Gasteiger partial charge in [-0.1, -0.05) is 18.2 Å². The molecule has 7 heteroatoms. The van der Waals surface area contributed by atoms with Gasteiger partial charge in [0, 0.05) is 52.9 Å². The summed E-state index contributed by atoms with van der Waals surface area (Å²) in [6, 6.07) is 11.8. The average molecular weight is 431 g/mol. The van der Waals surface area contributed by atoms with E-state index in [1.54, 1.807) is 22.1 Å². The van der Waals surface area contributed by atoms with Gasteiger partial charge in [-0.3, -0.25) is 4.57 Å². The van der Waals surface area contributed by atoms with Crippen molar-refractivity contribution in [3.8, 4) is 21.8 Å². The van der Waals surface area contributed by atoms with Gasteiger partial charge in [-0.25, -0.2) is 14.8 Å². The molecule has 5 aromatic rings. The van der Waals surface area contributed by atoms with Crippen LogP contribution in [-0.4, -0.2) is 30.8 Å². The fraction of sp³-hybridized carbons (Fsp3) is 0.208. The molecule has 0 aliphatic carbocycles. The van der Waals surface area contributed by atoms with E-state index in [0.717, 1.165) is 43.8 Å². The van der Waals surface area contributed by atoms with E-state index in [4.69, 9.17) is 9.72 Å². The Hall–Kier alpha value is -3.45. The third-order valence-corrected chi connectivity index (χ3v) is 5.92. The monoisotopic (exact) mass is 430 g/mol. The van der Waals surface area contributed by atoms with Gasteiger partial charge in [0.25, 0.3) is 0 Å². The number of carbonyl (C=O) groups excluding carboxylic acids is 1. The molecule has 0 aliphatic rings. The molecular weight excluding hydrogens is 408 g/mol. The van der Waals surface area contributed by atoms with Crippen LogP contribution in [0.5, 0.6) is 0 Å². The van der Waals surface area contributed by atoms with Crippen LogP contribution in [0.25, 0.3) is 43.8 Å². The molecule has 0 amide bonds. The van der Waals surface area contributed by atoms with Crippen molar-refractivity contribution in [3.05, 3.63) is 60.4 Å². The number of hydrogen-bond donors (Lipinski definition) is 0. The van der Waals surface area contributed by atoms with Crippen LogP contribution in [0.4, 0.5) is 4.79 Å². The molecule has 0 saturated heterocycles. The Morgan fingerprint density at radius 2 is 1.81 bits per heavy atom. The Labute approximate surface area is 183 Å². The first-order valence-electron chi connectivity index (χ1n) is 10.0. The summed E-state index contributed by atoms with van der Waals surface area (Å²) in [6.45, 7) is 5.59. The van der Waals surface area contributed by atoms with Crippen molar-refractivity contribution < 1.29 is 9.53 Å². The normalized spacial score (nSPS) is 12.0. The molecule has 6 nitrogen and oxygen atoms in total. The molecule has 0 N–H and O–H groups in total. The molecule has 5 rings (SSSR count). The molecule has 0 atom stereocenters. The van der Waals surface area contributed by atoms with Crippen molar-refractivity contribution in [2.24, 2.45) is 7.05 Å². The zero-order valence-electron chi connectivity index (χ0n) is 17.8. The topological polar surface area (TPSA) is 61.9 Å². The lowest BCUT2D eigenvalue weighted by molar-refractivity contribution is 0.0544. The van der Waals surface area contributed by atoms with E-state index in [2.05, 4.69) is 22.6 Å². The summed E-state index contributed by atoms with van der Waals surface area (Å²) in [5.74, 6) is 0. The van der Waals surface area contributed by atoms with Crippen LogP contribution in [0.1, 0.15) is 20.8 Å². The molecule has 0 bridgehead atoms. The Balaban J connectivity index is 1.61. The van der Waals surface area contributed by atoms with Crippen LogP contribution in [0, 0.1) is 0 Å². The molecule has 156 valence electrons. The Morgan fingerprint density at radius 3 is 2.61 bits per heavy atom. The number of para-hydroxylation sites is 1. The average Bonchev–Trinajstić information content (AvgIpc) is 3.42. The summed E-state index contributed by atoms with van der Waals surface area (Å²) >= 11 is 1.56. The van der Waals surface area contributed by atoms with E-state index in [1.165, 1.54) is 0 Å². The highest BCUT2D eigenvalue weighted by atomic mass is 32.1. The van der Waals surface area contributed by atoms with Crippen LogP contribution in [0.15, 0.2) is 60.4 Å². The van der Waals surface area contributed by atoms with Crippen molar-refractivity contribution in [2.75, 3.05) is 0 Å². The molecule has 0 unspecified atom stereocenters. The highest BCUT2D eigenvalue weighted by Gasteiger charge is 2.22. The first-order chi connectivity index (χ1) is 14.8. The van der Waals surface area contributed by atoms with Crippen molar-refractivity contribution in [3.63, 3.8) is 0 Å². The van der Waals surface area contributed by atoms with E-state index in [9.17, 15) is 4.79 Å². The summed E-state index contributed by atoms with van der Waals surface area (Å²) in [7, 11) is 1.99. The third-order valence-electron chi connectivity index (χ3n) is 5.05. The smallest absolute Gasteiger partial charge is 0.419 e. The van der Waals surface area contributed by atoms with Gasteiger partial charge in [-0.2, -0.15) is 0 Å². The zero-order chi connectivity index (χ0) is 21.8. The van der Waals surface area contributed by atoms with Crippen LogP contribution in [0.2, 0.25) is 0 Å². The summed E-state index contributed by atoms with van der Waals surface area (Å²) in [5, 5.41) is 4.94. The minimum atomic E-state index is -0.570. The summed E-state index contributed by atoms with van der Waals surface area (Å²) in [4.78, 5) is 22.2. The molecule has 0 spiro atoms. The fourth-order valence-corrected chi connectivity index (χ4v) is 4.59. The van der Waals surface area contributed by atoms with Crippen LogP contribution in [0.3, 0.4) is 0 Å². The fourth-order valence-electron chi connectivity index (χ4n) is 3.75. The SMILES string of the molecule is Cn1cc(-c2csc(-c3cn(C(=O)OC(C)(C)C)c4ccccc34)n2)c2cccnc21. The number of hydrogen-bond acceptors (Lipinski definition) is 5. The van der Waals surface area contributed by atoms with Crippen LogP contribution in [-0.2, 0) is 11.8 Å². The molecule has 4 heterocycles. The number of nitrogens with zero attached hydrogens (tertiary/aromatic N) is 4. The first-order valence-corrected chi connectivity index (χ1v) is 10.9. The van der Waals surface area contributed by atoms with Gasteiger partial charge >= 0.3 is 6.09 Å². The second kappa shape index (κ2) is 7.06. The minimum Gasteiger partial charge on any atom is -0.443 e. The first kappa shape index (κ1) is 19.5. The quantitative estimate of drug-likeness (QED) is 0.339. The zero-order valence-corrected chi connectivity index (χ0v) is 18.6. The van der Waals surface area contributed by atoms with Gasteiger partial charge in [-0.05, 0) is 39.0 Å². The van der Waals surface area contributed by atoms with Gasteiger partial charge in [0.1, 0.15) is 16.3 Å². The maximum absolute atomic E-state index is 12.8. The van der Waals surface area contributed by atoms with Gasteiger partial charge in [0.15, 0.2) is 0 Å². The Morgan fingerprint density at radius 1 is 1.03 bits per heavy atom. The predicted octanol–water partition coefficient (Wildman–Crippen LogP) is 6.10. The van der Waals surface area contributed by atoms with Gasteiger partial charge in [0.05, 0.1) is 11.2 Å². The molecule has 0 fully saturated rings. The molecule has 1 aromatic carbocycles. The van der Waals surface area contributed by atoms with Crippen molar-refractivity contribution in [2.45, 2.75) is 26.4 Å². The highest BCUT2D eigenvalue weighted by Crippen LogP contribution is 2.37. The predicted molar refractivity (Wildman–Crippen MR) is 124 cm³/mol. The minimum absolute atomic E-state index is 0.396. The maximum atomic E-state index is 12.8. The lowest BCUT2D eigenvalue weighted by atomic mass is 10.1. The van der Waals surface area contributed by atoms with Crippen LogP contribution >= 0.6 is 11.3 Å². The molecule has 4 aromatic heterocycles. The van der Waals surface area contributed by atoms with E-state index in [-0.39, 0.29) is 0 Å². The number of pyridine rings is 1. The van der Waals surface area contributed by atoms with Gasteiger partial charge in [-0.15, -0.1) is 11.3 Å². The van der Waals surface area contributed by atoms with E-state index in [0.29, 0.717) is 0 Å². The molecule has 31 heavy (non-hydrogen) atoms. The Bertz CT molecular complexity index is 1440. The second-order valence-corrected chi connectivity index (χ2v) is 9.33. The van der Waals surface area contributed by atoms with Crippen molar-refractivity contribution in [1.29, 1.82) is 0 Å². The molecule has 0 radical (unpaired) electrons. The number of fused-ring (bicyclic) bond motifs is 2. The number of aromatic nitrogens is 4. The highest BCUT2D eigenvalue weighted by molar-refractivity contribution is 7.13. The third kappa shape index (κ3) is 3.41. The second-order valence-electron chi connectivity index (χ2n) is 8.48. The molecular formula is C24H22N4O2S. The van der Waals surface area contributed by atoms with Gasteiger partial charge < -0.3 is 9.30 Å². The van der Waals surface area contributed by atoms with E-state index >= 15 is 0 Å². The maximum Gasteiger partial charge on any atom is 0.419 e. The number of aryl methyl sites for hydroxylation is 1. The number of carbonyl (C=O) groups is 1.